The molecule has 5 rings (SSSR count). The highest BCUT2D eigenvalue weighted by molar-refractivity contribution is 7.92. The predicted molar refractivity (Wildman–Crippen MR) is 159 cm³/mol. The molecule has 11 nitrogen and oxygen atoms in total. The molecular weight excluding hydrogens is 574 g/mol. The summed E-state index contributed by atoms with van der Waals surface area (Å²) < 4.78 is 64.6. The van der Waals surface area contributed by atoms with Gasteiger partial charge in [0.1, 0.15) is 19.0 Å². The number of hydrogen-bond donors (Lipinski definition) is 1. The van der Waals surface area contributed by atoms with Crippen LogP contribution < -0.4 is 18.9 Å². The van der Waals surface area contributed by atoms with Crippen LogP contribution in [0.3, 0.4) is 0 Å². The number of furan rings is 1. The molecule has 1 saturated heterocycles. The molecule has 2 aromatic carbocycles. The summed E-state index contributed by atoms with van der Waals surface area (Å²) in [6, 6.07) is 15.3. The van der Waals surface area contributed by atoms with E-state index in [9.17, 15) is 8.42 Å². The maximum Gasteiger partial charge on any atom is 0.263 e. The summed E-state index contributed by atoms with van der Waals surface area (Å²) in [6.07, 6.45) is 2.51. The minimum absolute atomic E-state index is 0.0220. The zero-order chi connectivity index (χ0) is 30.8. The summed E-state index contributed by atoms with van der Waals surface area (Å²) in [5, 5.41) is 0. The zero-order valence-corrected chi connectivity index (χ0v) is 25.7. The van der Waals surface area contributed by atoms with E-state index in [1.54, 1.807) is 54.6 Å². The van der Waals surface area contributed by atoms with E-state index < -0.39 is 21.9 Å². The second-order valence-electron chi connectivity index (χ2n) is 11.4. The summed E-state index contributed by atoms with van der Waals surface area (Å²) in [6.45, 7) is 10.1. The monoisotopic (exact) mass is 609 g/mol. The Hall–Kier alpha value is -4.13. The predicted octanol–water partition coefficient (Wildman–Crippen LogP) is 6.17. The van der Waals surface area contributed by atoms with Crippen LogP contribution in [-0.4, -0.2) is 50.6 Å². The minimum Gasteiger partial charge on any atom is -0.493 e. The fourth-order valence-corrected chi connectivity index (χ4v) is 5.37. The van der Waals surface area contributed by atoms with Gasteiger partial charge in [0.05, 0.1) is 30.4 Å². The first-order valence-electron chi connectivity index (χ1n) is 13.7. The van der Waals surface area contributed by atoms with Gasteiger partial charge < -0.3 is 28.1 Å². The average molecular weight is 610 g/mol. The lowest BCUT2D eigenvalue weighted by molar-refractivity contribution is -0.141. The Bertz CT molecular complexity index is 1660. The van der Waals surface area contributed by atoms with E-state index in [2.05, 4.69) is 35.5 Å². The van der Waals surface area contributed by atoms with Crippen LogP contribution in [0.4, 0.5) is 5.82 Å². The summed E-state index contributed by atoms with van der Waals surface area (Å²) in [5.41, 5.74) is 1.35. The Morgan fingerprint density at radius 3 is 2.35 bits per heavy atom. The summed E-state index contributed by atoms with van der Waals surface area (Å²) in [5.74, 6) is -0.131. The number of nitrogens with one attached hydrogen (secondary N) is 1. The van der Waals surface area contributed by atoms with Crippen LogP contribution in [0.1, 0.15) is 40.2 Å². The molecule has 1 aliphatic heterocycles. The molecule has 0 amide bonds. The lowest BCUT2D eigenvalue weighted by Gasteiger charge is -2.20. The SMILES string of the molecule is COc1ccccc1Oc1c(NS(=O)(=O)c2ccc(C(C)(C)C)cc2)nc(-c2ccoc2)nc1OC[C@@H]1COC(C)(C)O1. The molecule has 0 aliphatic carbocycles. The highest BCUT2D eigenvalue weighted by Crippen LogP contribution is 2.42. The van der Waals surface area contributed by atoms with Gasteiger partial charge in [-0.25, -0.2) is 13.4 Å². The molecule has 1 atom stereocenters. The van der Waals surface area contributed by atoms with Crippen molar-refractivity contribution in [1.29, 1.82) is 0 Å². The van der Waals surface area contributed by atoms with Crippen LogP contribution in [0, 0.1) is 0 Å². The number of methoxy groups -OCH3 is 1. The fourth-order valence-electron chi connectivity index (χ4n) is 4.36. The first kappa shape index (κ1) is 30.3. The zero-order valence-electron chi connectivity index (χ0n) is 24.9. The van der Waals surface area contributed by atoms with Gasteiger partial charge in [-0.1, -0.05) is 45.0 Å². The van der Waals surface area contributed by atoms with Crippen LogP contribution >= 0.6 is 0 Å². The quantitative estimate of drug-likeness (QED) is 0.223. The van der Waals surface area contributed by atoms with Crippen molar-refractivity contribution < 1.29 is 36.5 Å². The molecule has 0 spiro atoms. The molecule has 43 heavy (non-hydrogen) atoms. The van der Waals surface area contributed by atoms with Crippen molar-refractivity contribution in [3.63, 3.8) is 0 Å². The first-order chi connectivity index (χ1) is 20.3. The molecule has 0 bridgehead atoms. The van der Waals surface area contributed by atoms with Crippen LogP contribution in [0.25, 0.3) is 11.4 Å². The Morgan fingerprint density at radius 2 is 1.74 bits per heavy atom. The van der Waals surface area contributed by atoms with Gasteiger partial charge in [0.15, 0.2) is 28.9 Å². The van der Waals surface area contributed by atoms with E-state index in [4.69, 9.17) is 28.1 Å². The van der Waals surface area contributed by atoms with E-state index in [0.29, 0.717) is 23.7 Å². The lowest BCUT2D eigenvalue weighted by Crippen LogP contribution is -2.25. The Morgan fingerprint density at radius 1 is 1.02 bits per heavy atom. The largest absolute Gasteiger partial charge is 0.493 e. The van der Waals surface area contributed by atoms with Crippen molar-refractivity contribution >= 4 is 15.8 Å². The Labute approximate surface area is 251 Å². The number of nitrogens with zero attached hydrogens (tertiary/aromatic N) is 2. The standard InChI is InChI=1S/C31H35N3O8S/c1-30(2,3)21-11-13-23(14-12-21)43(35,36)34-28-26(41-25-10-8-7-9-24(25)37-6)29(33-27(32-28)20-15-16-38-17-20)39-18-22-19-40-31(4,5)42-22/h7-17,22H,18-19H2,1-6H3,(H,32,33,34)/t22-/m1/s1. The van der Waals surface area contributed by atoms with Gasteiger partial charge in [0, 0.05) is 0 Å². The highest BCUT2D eigenvalue weighted by atomic mass is 32.2. The normalized spacial score (nSPS) is 16.6. The van der Waals surface area contributed by atoms with E-state index in [-0.39, 0.29) is 40.2 Å². The van der Waals surface area contributed by atoms with Crippen LogP contribution in [-0.2, 0) is 24.9 Å². The third-order valence-electron chi connectivity index (χ3n) is 6.63. The number of ether oxygens (including phenoxy) is 5. The maximum absolute atomic E-state index is 13.7. The molecule has 0 saturated carbocycles. The molecule has 0 unspecified atom stereocenters. The van der Waals surface area contributed by atoms with Gasteiger partial charge >= 0.3 is 0 Å². The Balaban J connectivity index is 1.59. The van der Waals surface area contributed by atoms with Crippen molar-refractivity contribution in [2.75, 3.05) is 25.0 Å². The van der Waals surface area contributed by atoms with Crippen molar-refractivity contribution in [2.24, 2.45) is 0 Å². The summed E-state index contributed by atoms with van der Waals surface area (Å²) in [4.78, 5) is 9.16. The van der Waals surface area contributed by atoms with E-state index in [0.717, 1.165) is 5.56 Å². The van der Waals surface area contributed by atoms with Gasteiger partial charge in [0.25, 0.3) is 15.9 Å². The van der Waals surface area contributed by atoms with Crippen molar-refractivity contribution in [2.45, 2.75) is 56.8 Å². The van der Waals surface area contributed by atoms with Crippen LogP contribution in [0.15, 0.2) is 76.4 Å². The molecule has 4 aromatic rings. The van der Waals surface area contributed by atoms with Gasteiger partial charge in [-0.2, -0.15) is 4.98 Å². The van der Waals surface area contributed by atoms with Crippen molar-refractivity contribution in [3.05, 3.63) is 72.7 Å². The molecule has 228 valence electrons. The van der Waals surface area contributed by atoms with Gasteiger partial charge in [-0.3, -0.25) is 4.72 Å². The summed E-state index contributed by atoms with van der Waals surface area (Å²) in [7, 11) is -2.63. The average Bonchev–Trinajstić information content (AvgIpc) is 3.62. The Kier molecular flexibility index (Phi) is 8.37. The van der Waals surface area contributed by atoms with Gasteiger partial charge in [0.2, 0.25) is 5.75 Å². The third-order valence-corrected chi connectivity index (χ3v) is 7.98. The molecule has 1 fully saturated rings. The number of rotatable bonds is 10. The van der Waals surface area contributed by atoms with E-state index in [1.165, 1.54) is 19.6 Å². The number of benzene rings is 2. The number of aromatic nitrogens is 2. The third kappa shape index (κ3) is 7.10. The maximum atomic E-state index is 13.7. The molecule has 2 aromatic heterocycles. The lowest BCUT2D eigenvalue weighted by atomic mass is 9.87. The second-order valence-corrected chi connectivity index (χ2v) is 13.1. The number of para-hydroxylation sites is 2. The van der Waals surface area contributed by atoms with E-state index in [1.807, 2.05) is 13.8 Å². The molecular formula is C31H35N3O8S. The van der Waals surface area contributed by atoms with Crippen LogP contribution in [0.5, 0.6) is 23.1 Å². The smallest absolute Gasteiger partial charge is 0.263 e. The summed E-state index contributed by atoms with van der Waals surface area (Å²) >= 11 is 0. The van der Waals surface area contributed by atoms with Crippen LogP contribution in [0.2, 0.25) is 0 Å². The molecule has 1 N–H and O–H groups in total. The highest BCUT2D eigenvalue weighted by Gasteiger charge is 2.34. The topological polar surface area (TPSA) is 131 Å². The molecule has 12 heteroatoms. The molecule has 1 aliphatic rings. The van der Waals surface area contributed by atoms with Crippen molar-refractivity contribution in [1.82, 2.24) is 9.97 Å². The second kappa shape index (κ2) is 11.9. The van der Waals surface area contributed by atoms with Gasteiger partial charge in [-0.05, 0) is 55.2 Å². The number of anilines is 1. The number of sulfonamides is 1. The number of hydrogen-bond acceptors (Lipinski definition) is 10. The minimum atomic E-state index is -4.13. The molecule has 3 heterocycles. The van der Waals surface area contributed by atoms with Gasteiger partial charge in [-0.15, -0.1) is 0 Å². The van der Waals surface area contributed by atoms with E-state index >= 15 is 0 Å². The fraction of sp³-hybridized carbons (Fsp3) is 0.355. The van der Waals surface area contributed by atoms with Crippen molar-refractivity contribution in [3.8, 4) is 34.5 Å². The first-order valence-corrected chi connectivity index (χ1v) is 15.2. The molecule has 0 radical (unpaired) electrons.